The minimum absolute atomic E-state index is 0.0310. The molecule has 0 amide bonds. The fraction of sp³-hybridized carbons (Fsp3) is 0.0667. The van der Waals surface area contributed by atoms with E-state index in [4.69, 9.17) is 0 Å². The van der Waals surface area contributed by atoms with Crippen molar-refractivity contribution in [3.63, 3.8) is 0 Å². The lowest BCUT2D eigenvalue weighted by atomic mass is 10.0. The van der Waals surface area contributed by atoms with Crippen molar-refractivity contribution in [2.45, 2.75) is 6.92 Å². The van der Waals surface area contributed by atoms with Crippen molar-refractivity contribution < 1.29 is 15.3 Å². The van der Waals surface area contributed by atoms with Crippen LogP contribution in [0.5, 0.6) is 17.2 Å². The molecular formula is C15H14O3. The smallest absolute Gasteiger partial charge is 0.119 e. The van der Waals surface area contributed by atoms with Gasteiger partial charge in [-0.15, -0.1) is 0 Å². The Hall–Kier alpha value is -2.42. The first kappa shape index (κ1) is 12.0. The zero-order valence-corrected chi connectivity index (χ0v) is 9.96. The third kappa shape index (κ3) is 2.83. The Kier molecular flexibility index (Phi) is 3.24. The second kappa shape index (κ2) is 4.84. The highest BCUT2D eigenvalue weighted by molar-refractivity contribution is 5.81. The van der Waals surface area contributed by atoms with E-state index < -0.39 is 0 Å². The van der Waals surface area contributed by atoms with E-state index in [0.29, 0.717) is 0 Å². The Morgan fingerprint density at radius 1 is 0.833 bits per heavy atom. The first-order valence-corrected chi connectivity index (χ1v) is 5.55. The van der Waals surface area contributed by atoms with Crippen molar-refractivity contribution in [1.29, 1.82) is 0 Å². The summed E-state index contributed by atoms with van der Waals surface area (Å²) in [6.07, 6.45) is 1.91. The molecule has 0 fully saturated rings. The average molecular weight is 242 g/mol. The first-order chi connectivity index (χ1) is 8.54. The maximum absolute atomic E-state index is 9.42. The second-order valence-electron chi connectivity index (χ2n) is 4.16. The number of allylic oxidation sites excluding steroid dienone is 1. The van der Waals surface area contributed by atoms with Crippen LogP contribution in [-0.2, 0) is 0 Å². The normalized spacial score (nSPS) is 11.5. The predicted molar refractivity (Wildman–Crippen MR) is 71.4 cm³/mol. The van der Waals surface area contributed by atoms with Crippen molar-refractivity contribution in [3.8, 4) is 17.2 Å². The van der Waals surface area contributed by atoms with Crippen LogP contribution in [0, 0.1) is 0 Å². The Balaban J connectivity index is 2.35. The van der Waals surface area contributed by atoms with Crippen molar-refractivity contribution in [1.82, 2.24) is 0 Å². The van der Waals surface area contributed by atoms with Gasteiger partial charge >= 0.3 is 0 Å². The minimum atomic E-state index is 0.0310. The zero-order chi connectivity index (χ0) is 13.1. The molecule has 2 rings (SSSR count). The standard InChI is InChI=1S/C15H14O3/c1-10(6-11-2-4-13(16)5-3-11)12-7-14(17)9-15(18)8-12/h2-9,16-18H,1H3/b10-6+. The molecule has 3 N–H and O–H groups in total. The quantitative estimate of drug-likeness (QED) is 0.707. The van der Waals surface area contributed by atoms with E-state index in [-0.39, 0.29) is 17.2 Å². The Morgan fingerprint density at radius 3 is 1.94 bits per heavy atom. The van der Waals surface area contributed by atoms with E-state index in [9.17, 15) is 15.3 Å². The summed E-state index contributed by atoms with van der Waals surface area (Å²) in [5.74, 6) is 0.284. The number of rotatable bonds is 2. The molecule has 0 spiro atoms. The van der Waals surface area contributed by atoms with Gasteiger partial charge in [0.1, 0.15) is 17.2 Å². The summed E-state index contributed by atoms with van der Waals surface area (Å²) in [5, 5.41) is 28.0. The van der Waals surface area contributed by atoms with Gasteiger partial charge in [-0.25, -0.2) is 0 Å². The molecule has 0 aliphatic carbocycles. The maximum Gasteiger partial charge on any atom is 0.119 e. The lowest BCUT2D eigenvalue weighted by Crippen LogP contribution is -1.81. The molecule has 0 aromatic heterocycles. The Labute approximate surface area is 105 Å². The van der Waals surface area contributed by atoms with Crippen LogP contribution in [-0.4, -0.2) is 15.3 Å². The van der Waals surface area contributed by atoms with E-state index >= 15 is 0 Å². The van der Waals surface area contributed by atoms with Crippen LogP contribution in [0.3, 0.4) is 0 Å². The van der Waals surface area contributed by atoms with Gasteiger partial charge in [0.05, 0.1) is 0 Å². The Morgan fingerprint density at radius 2 is 1.39 bits per heavy atom. The van der Waals surface area contributed by atoms with E-state index in [1.807, 2.05) is 13.0 Å². The van der Waals surface area contributed by atoms with Gasteiger partial charge in [-0.1, -0.05) is 18.2 Å². The molecule has 3 heteroatoms. The van der Waals surface area contributed by atoms with Crippen molar-refractivity contribution >= 4 is 11.6 Å². The van der Waals surface area contributed by atoms with Crippen molar-refractivity contribution in [3.05, 3.63) is 53.6 Å². The molecule has 0 aliphatic heterocycles. The van der Waals surface area contributed by atoms with E-state index in [0.717, 1.165) is 16.7 Å². The van der Waals surface area contributed by atoms with Crippen LogP contribution in [0.15, 0.2) is 42.5 Å². The van der Waals surface area contributed by atoms with Gasteiger partial charge in [0, 0.05) is 6.07 Å². The van der Waals surface area contributed by atoms with Gasteiger partial charge in [0.15, 0.2) is 0 Å². The van der Waals surface area contributed by atoms with Gasteiger partial charge < -0.3 is 15.3 Å². The molecule has 0 aliphatic rings. The molecule has 0 saturated heterocycles. The van der Waals surface area contributed by atoms with E-state index in [1.165, 1.54) is 6.07 Å². The lowest BCUT2D eigenvalue weighted by Gasteiger charge is -2.04. The molecule has 0 heterocycles. The summed E-state index contributed by atoms with van der Waals surface area (Å²) in [6, 6.07) is 11.3. The highest BCUT2D eigenvalue weighted by Gasteiger charge is 2.01. The monoisotopic (exact) mass is 242 g/mol. The lowest BCUT2D eigenvalue weighted by molar-refractivity contribution is 0.450. The number of hydrogen-bond acceptors (Lipinski definition) is 3. The molecule has 92 valence electrons. The highest BCUT2D eigenvalue weighted by atomic mass is 16.3. The molecule has 0 saturated carbocycles. The summed E-state index contributed by atoms with van der Waals surface area (Å²) < 4.78 is 0. The number of aromatic hydroxyl groups is 3. The summed E-state index contributed by atoms with van der Waals surface area (Å²) in [6.45, 7) is 1.89. The molecule has 2 aromatic rings. The molecule has 2 aromatic carbocycles. The summed E-state index contributed by atoms with van der Waals surface area (Å²) in [5.41, 5.74) is 2.60. The zero-order valence-electron chi connectivity index (χ0n) is 9.96. The third-order valence-electron chi connectivity index (χ3n) is 2.63. The predicted octanol–water partition coefficient (Wildman–Crippen LogP) is 3.36. The molecule has 0 atom stereocenters. The molecule has 0 unspecified atom stereocenters. The van der Waals surface area contributed by atoms with Crippen LogP contribution in [0.1, 0.15) is 18.1 Å². The van der Waals surface area contributed by atoms with Gasteiger partial charge in [-0.05, 0) is 47.9 Å². The number of phenolic OH excluding ortho intramolecular Hbond substituents is 3. The average Bonchev–Trinajstić information content (AvgIpc) is 2.31. The summed E-state index contributed by atoms with van der Waals surface area (Å²) >= 11 is 0. The number of benzene rings is 2. The second-order valence-corrected chi connectivity index (χ2v) is 4.16. The largest absolute Gasteiger partial charge is 0.508 e. The molecule has 3 nitrogen and oxygen atoms in total. The number of phenols is 3. The fourth-order valence-corrected chi connectivity index (χ4v) is 1.73. The summed E-state index contributed by atoms with van der Waals surface area (Å²) in [7, 11) is 0. The maximum atomic E-state index is 9.42. The fourth-order valence-electron chi connectivity index (χ4n) is 1.73. The molecule has 0 bridgehead atoms. The van der Waals surface area contributed by atoms with Gasteiger partial charge in [0.2, 0.25) is 0 Å². The summed E-state index contributed by atoms with van der Waals surface area (Å²) in [4.78, 5) is 0. The highest BCUT2D eigenvalue weighted by Crippen LogP contribution is 2.26. The topological polar surface area (TPSA) is 60.7 Å². The third-order valence-corrected chi connectivity index (χ3v) is 2.63. The van der Waals surface area contributed by atoms with Gasteiger partial charge in [0.25, 0.3) is 0 Å². The molecule has 0 radical (unpaired) electrons. The van der Waals surface area contributed by atoms with Crippen LogP contribution in [0.4, 0.5) is 0 Å². The van der Waals surface area contributed by atoms with E-state index in [2.05, 4.69) is 0 Å². The molecular weight excluding hydrogens is 228 g/mol. The first-order valence-electron chi connectivity index (χ1n) is 5.55. The van der Waals surface area contributed by atoms with Crippen LogP contribution >= 0.6 is 0 Å². The van der Waals surface area contributed by atoms with E-state index in [1.54, 1.807) is 36.4 Å². The van der Waals surface area contributed by atoms with Crippen LogP contribution in [0.2, 0.25) is 0 Å². The number of hydrogen-bond donors (Lipinski definition) is 3. The van der Waals surface area contributed by atoms with Gasteiger partial charge in [-0.3, -0.25) is 0 Å². The Bertz CT molecular complexity index is 563. The SMILES string of the molecule is C/C(=C\c1ccc(O)cc1)c1cc(O)cc(O)c1. The van der Waals surface area contributed by atoms with Crippen molar-refractivity contribution in [2.24, 2.45) is 0 Å². The van der Waals surface area contributed by atoms with Crippen LogP contribution in [0.25, 0.3) is 11.6 Å². The van der Waals surface area contributed by atoms with Crippen LogP contribution < -0.4 is 0 Å². The van der Waals surface area contributed by atoms with Gasteiger partial charge in [-0.2, -0.15) is 0 Å². The minimum Gasteiger partial charge on any atom is -0.508 e. The van der Waals surface area contributed by atoms with Crippen molar-refractivity contribution in [2.75, 3.05) is 0 Å². The molecule has 18 heavy (non-hydrogen) atoms.